The molecule has 1 heterocycles. The summed E-state index contributed by atoms with van der Waals surface area (Å²) >= 11 is 0. The number of carbonyl (C=O) groups is 2. The lowest BCUT2D eigenvalue weighted by atomic mass is 10.1. The van der Waals surface area contributed by atoms with Crippen LogP contribution in [0.2, 0.25) is 0 Å². The SMILES string of the molecule is CC(=O)c1cccc(Nc2ccc(NC(=O)CC(C)C)nc2)c1. The smallest absolute Gasteiger partial charge is 0.225 e. The number of Topliss-reactive ketones (excluding diaryl/α,β-unsaturated/α-hetero) is 1. The molecule has 5 heteroatoms. The Labute approximate surface area is 136 Å². The highest BCUT2D eigenvalue weighted by atomic mass is 16.1. The van der Waals surface area contributed by atoms with Crippen molar-refractivity contribution in [2.45, 2.75) is 27.2 Å². The molecule has 1 amide bonds. The van der Waals surface area contributed by atoms with E-state index in [-0.39, 0.29) is 11.7 Å². The molecule has 0 saturated heterocycles. The number of nitrogens with zero attached hydrogens (tertiary/aromatic N) is 1. The van der Waals surface area contributed by atoms with E-state index in [1.54, 1.807) is 24.4 Å². The molecular weight excluding hydrogens is 290 g/mol. The first kappa shape index (κ1) is 16.7. The molecule has 0 unspecified atom stereocenters. The Morgan fingerprint density at radius 2 is 1.91 bits per heavy atom. The fourth-order valence-corrected chi connectivity index (χ4v) is 2.09. The molecule has 0 fully saturated rings. The number of benzene rings is 1. The van der Waals surface area contributed by atoms with Crippen molar-refractivity contribution in [2.75, 3.05) is 10.6 Å². The van der Waals surface area contributed by atoms with Crippen molar-refractivity contribution in [2.24, 2.45) is 5.92 Å². The maximum atomic E-state index is 11.7. The number of hydrogen-bond acceptors (Lipinski definition) is 4. The van der Waals surface area contributed by atoms with Crippen LogP contribution in [-0.4, -0.2) is 16.7 Å². The van der Waals surface area contributed by atoms with Crippen molar-refractivity contribution in [3.05, 3.63) is 48.2 Å². The number of carbonyl (C=O) groups excluding carboxylic acids is 2. The first-order valence-corrected chi connectivity index (χ1v) is 7.58. The van der Waals surface area contributed by atoms with Gasteiger partial charge in [-0.1, -0.05) is 26.0 Å². The summed E-state index contributed by atoms with van der Waals surface area (Å²) in [7, 11) is 0. The van der Waals surface area contributed by atoms with E-state index >= 15 is 0 Å². The topological polar surface area (TPSA) is 71.1 Å². The molecule has 0 saturated carbocycles. The Morgan fingerprint density at radius 3 is 2.52 bits per heavy atom. The molecule has 0 aliphatic rings. The number of anilines is 3. The zero-order valence-electron chi connectivity index (χ0n) is 13.6. The molecule has 0 aliphatic carbocycles. The third kappa shape index (κ3) is 5.21. The Bertz CT molecular complexity index is 694. The number of amides is 1. The van der Waals surface area contributed by atoms with Gasteiger partial charge in [-0.05, 0) is 37.1 Å². The van der Waals surface area contributed by atoms with Gasteiger partial charge in [-0.15, -0.1) is 0 Å². The molecule has 23 heavy (non-hydrogen) atoms. The summed E-state index contributed by atoms with van der Waals surface area (Å²) in [5, 5.41) is 5.95. The number of rotatable bonds is 6. The van der Waals surface area contributed by atoms with Gasteiger partial charge in [0.2, 0.25) is 5.91 Å². The Morgan fingerprint density at radius 1 is 1.13 bits per heavy atom. The van der Waals surface area contributed by atoms with Gasteiger partial charge in [-0.2, -0.15) is 0 Å². The van der Waals surface area contributed by atoms with Crippen LogP contribution >= 0.6 is 0 Å². The second kappa shape index (κ2) is 7.54. The third-order valence-electron chi connectivity index (χ3n) is 3.18. The van der Waals surface area contributed by atoms with Crippen LogP contribution in [0.1, 0.15) is 37.6 Å². The molecule has 0 radical (unpaired) electrons. The largest absolute Gasteiger partial charge is 0.354 e. The molecule has 120 valence electrons. The number of aromatic nitrogens is 1. The first-order valence-electron chi connectivity index (χ1n) is 7.58. The van der Waals surface area contributed by atoms with Gasteiger partial charge in [0, 0.05) is 17.7 Å². The monoisotopic (exact) mass is 311 g/mol. The van der Waals surface area contributed by atoms with Gasteiger partial charge in [-0.25, -0.2) is 4.98 Å². The Kier molecular flexibility index (Phi) is 5.46. The van der Waals surface area contributed by atoms with E-state index in [9.17, 15) is 9.59 Å². The van der Waals surface area contributed by atoms with Crippen LogP contribution in [0.3, 0.4) is 0 Å². The summed E-state index contributed by atoms with van der Waals surface area (Å²) in [4.78, 5) is 27.3. The van der Waals surface area contributed by atoms with E-state index in [1.165, 1.54) is 6.92 Å². The minimum Gasteiger partial charge on any atom is -0.354 e. The maximum Gasteiger partial charge on any atom is 0.225 e. The molecule has 5 nitrogen and oxygen atoms in total. The van der Waals surface area contributed by atoms with E-state index in [0.29, 0.717) is 23.7 Å². The van der Waals surface area contributed by atoms with Crippen LogP contribution in [0.25, 0.3) is 0 Å². The van der Waals surface area contributed by atoms with Gasteiger partial charge < -0.3 is 10.6 Å². The van der Waals surface area contributed by atoms with Crippen molar-refractivity contribution >= 4 is 28.9 Å². The van der Waals surface area contributed by atoms with Crippen LogP contribution in [-0.2, 0) is 4.79 Å². The molecule has 1 aromatic carbocycles. The van der Waals surface area contributed by atoms with Crippen LogP contribution in [0.15, 0.2) is 42.6 Å². The normalized spacial score (nSPS) is 10.4. The number of hydrogen-bond donors (Lipinski definition) is 2. The van der Waals surface area contributed by atoms with E-state index in [0.717, 1.165) is 11.4 Å². The zero-order valence-corrected chi connectivity index (χ0v) is 13.6. The van der Waals surface area contributed by atoms with Crippen LogP contribution in [0, 0.1) is 5.92 Å². The summed E-state index contributed by atoms with van der Waals surface area (Å²) in [5.41, 5.74) is 2.25. The van der Waals surface area contributed by atoms with Gasteiger partial charge in [0.25, 0.3) is 0 Å². The lowest BCUT2D eigenvalue weighted by molar-refractivity contribution is -0.116. The van der Waals surface area contributed by atoms with E-state index in [1.807, 2.05) is 32.0 Å². The summed E-state index contributed by atoms with van der Waals surface area (Å²) in [6, 6.07) is 10.9. The van der Waals surface area contributed by atoms with Crippen LogP contribution in [0.4, 0.5) is 17.2 Å². The molecule has 2 aromatic rings. The highest BCUT2D eigenvalue weighted by Crippen LogP contribution is 2.18. The average Bonchev–Trinajstić information content (AvgIpc) is 2.48. The fraction of sp³-hybridized carbons (Fsp3) is 0.278. The minimum atomic E-state index is -0.0395. The van der Waals surface area contributed by atoms with Crippen molar-refractivity contribution < 1.29 is 9.59 Å². The van der Waals surface area contributed by atoms with Crippen molar-refractivity contribution in [1.29, 1.82) is 0 Å². The highest BCUT2D eigenvalue weighted by molar-refractivity contribution is 5.95. The predicted octanol–water partition coefficient (Wildman–Crippen LogP) is 4.01. The molecule has 2 N–H and O–H groups in total. The minimum absolute atomic E-state index is 0.0231. The number of pyridine rings is 1. The molecule has 0 bridgehead atoms. The highest BCUT2D eigenvalue weighted by Gasteiger charge is 2.06. The van der Waals surface area contributed by atoms with Crippen molar-refractivity contribution in [3.8, 4) is 0 Å². The second-order valence-corrected chi connectivity index (χ2v) is 5.84. The van der Waals surface area contributed by atoms with Crippen LogP contribution in [0.5, 0.6) is 0 Å². The average molecular weight is 311 g/mol. The maximum absolute atomic E-state index is 11.7. The first-order chi connectivity index (χ1) is 10.9. The molecule has 0 aliphatic heterocycles. The molecule has 0 spiro atoms. The van der Waals surface area contributed by atoms with Gasteiger partial charge in [-0.3, -0.25) is 9.59 Å². The lowest BCUT2D eigenvalue weighted by Gasteiger charge is -2.09. The lowest BCUT2D eigenvalue weighted by Crippen LogP contribution is -2.14. The Hall–Kier alpha value is -2.69. The third-order valence-corrected chi connectivity index (χ3v) is 3.18. The summed E-state index contributed by atoms with van der Waals surface area (Å²) in [6.45, 7) is 5.53. The second-order valence-electron chi connectivity index (χ2n) is 5.84. The van der Waals surface area contributed by atoms with E-state index < -0.39 is 0 Å². The molecule has 0 atom stereocenters. The van der Waals surface area contributed by atoms with Gasteiger partial charge in [0.05, 0.1) is 11.9 Å². The summed E-state index contributed by atoms with van der Waals surface area (Å²) < 4.78 is 0. The van der Waals surface area contributed by atoms with Gasteiger partial charge >= 0.3 is 0 Å². The summed E-state index contributed by atoms with van der Waals surface area (Å²) in [6.07, 6.45) is 2.12. The molecule has 2 rings (SSSR count). The van der Waals surface area contributed by atoms with Crippen molar-refractivity contribution in [3.63, 3.8) is 0 Å². The quantitative estimate of drug-likeness (QED) is 0.791. The van der Waals surface area contributed by atoms with Crippen LogP contribution < -0.4 is 10.6 Å². The standard InChI is InChI=1S/C18H21N3O2/c1-12(2)9-18(23)21-17-8-7-16(11-19-17)20-15-6-4-5-14(10-15)13(3)22/h4-8,10-12,20H,9H2,1-3H3,(H,19,21,23). The Balaban J connectivity index is 2.01. The fourth-order valence-electron chi connectivity index (χ4n) is 2.09. The predicted molar refractivity (Wildman–Crippen MR) is 92.1 cm³/mol. The number of ketones is 1. The van der Waals surface area contributed by atoms with Crippen molar-refractivity contribution in [1.82, 2.24) is 4.98 Å². The van der Waals surface area contributed by atoms with Gasteiger partial charge in [0.1, 0.15) is 5.82 Å². The molecule has 1 aromatic heterocycles. The van der Waals surface area contributed by atoms with E-state index in [2.05, 4.69) is 15.6 Å². The van der Waals surface area contributed by atoms with Gasteiger partial charge in [0.15, 0.2) is 5.78 Å². The number of nitrogens with one attached hydrogen (secondary N) is 2. The summed E-state index contributed by atoms with van der Waals surface area (Å²) in [5.74, 6) is 0.820. The molecular formula is C18H21N3O2. The zero-order chi connectivity index (χ0) is 16.8. The van der Waals surface area contributed by atoms with E-state index in [4.69, 9.17) is 0 Å².